The van der Waals surface area contributed by atoms with Gasteiger partial charge in [0.05, 0.1) is 5.60 Å². The van der Waals surface area contributed by atoms with Crippen molar-refractivity contribution in [1.82, 2.24) is 0 Å². The van der Waals surface area contributed by atoms with Crippen LogP contribution in [0.15, 0.2) is 18.2 Å². The predicted octanol–water partition coefficient (Wildman–Crippen LogP) is 1.95. The molecule has 1 atom stereocenters. The number of hydrogen-bond donors (Lipinski definition) is 2. The zero-order valence-corrected chi connectivity index (χ0v) is 10.2. The minimum absolute atomic E-state index is 0.366. The van der Waals surface area contributed by atoms with E-state index in [2.05, 4.69) is 32.0 Å². The first-order valence-corrected chi connectivity index (χ1v) is 6.04. The lowest BCUT2D eigenvalue weighted by molar-refractivity contribution is 0.0267. The molecule has 0 amide bonds. The Labute approximate surface area is 97.5 Å². The smallest absolute Gasteiger partial charge is 0.0837 e. The molecule has 0 spiro atoms. The molecule has 16 heavy (non-hydrogen) atoms. The molecule has 2 nitrogen and oxygen atoms in total. The second-order valence-electron chi connectivity index (χ2n) is 5.18. The number of aliphatic hydroxyl groups is 1. The predicted molar refractivity (Wildman–Crippen MR) is 66.3 cm³/mol. The van der Waals surface area contributed by atoms with Crippen LogP contribution in [-0.2, 0) is 6.42 Å². The van der Waals surface area contributed by atoms with Crippen LogP contribution in [0.4, 0.5) is 0 Å². The Bertz CT molecular complexity index is 384. The first kappa shape index (κ1) is 11.6. The molecule has 1 fully saturated rings. The molecular formula is C14H21NO. The van der Waals surface area contributed by atoms with Crippen LogP contribution >= 0.6 is 0 Å². The molecule has 0 aliphatic heterocycles. The molecule has 0 aromatic heterocycles. The fraction of sp³-hybridized carbons (Fsp3) is 0.571. The van der Waals surface area contributed by atoms with Gasteiger partial charge in [0, 0.05) is 13.0 Å². The summed E-state index contributed by atoms with van der Waals surface area (Å²) in [6.45, 7) is 4.58. The molecular weight excluding hydrogens is 198 g/mol. The third-order valence-corrected chi connectivity index (χ3v) is 3.77. The van der Waals surface area contributed by atoms with E-state index < -0.39 is 5.60 Å². The molecule has 0 bridgehead atoms. The number of rotatable bonds is 4. The third-order valence-electron chi connectivity index (χ3n) is 3.77. The Morgan fingerprint density at radius 3 is 2.50 bits per heavy atom. The van der Waals surface area contributed by atoms with Crippen LogP contribution in [0.5, 0.6) is 0 Å². The highest BCUT2D eigenvalue weighted by Crippen LogP contribution is 2.41. The van der Waals surface area contributed by atoms with Gasteiger partial charge >= 0.3 is 0 Å². The molecule has 1 aliphatic carbocycles. The summed E-state index contributed by atoms with van der Waals surface area (Å²) in [7, 11) is 0. The molecule has 1 aromatic carbocycles. The van der Waals surface area contributed by atoms with Crippen molar-refractivity contribution >= 4 is 0 Å². The van der Waals surface area contributed by atoms with Crippen LogP contribution in [0.1, 0.15) is 29.5 Å². The summed E-state index contributed by atoms with van der Waals surface area (Å²) in [4.78, 5) is 0. The number of hydrogen-bond acceptors (Lipinski definition) is 2. The molecule has 3 N–H and O–H groups in total. The van der Waals surface area contributed by atoms with Crippen molar-refractivity contribution in [2.24, 2.45) is 11.7 Å². The average Bonchev–Trinajstić information content (AvgIpc) is 3.07. The van der Waals surface area contributed by atoms with Crippen molar-refractivity contribution in [2.45, 2.75) is 38.7 Å². The minimum Gasteiger partial charge on any atom is -0.388 e. The van der Waals surface area contributed by atoms with E-state index in [4.69, 9.17) is 5.73 Å². The van der Waals surface area contributed by atoms with E-state index >= 15 is 0 Å². The van der Waals surface area contributed by atoms with Crippen LogP contribution in [-0.4, -0.2) is 17.3 Å². The van der Waals surface area contributed by atoms with Gasteiger partial charge in [-0.25, -0.2) is 0 Å². The summed E-state index contributed by atoms with van der Waals surface area (Å²) in [6.07, 6.45) is 2.94. The van der Waals surface area contributed by atoms with Crippen molar-refractivity contribution in [1.29, 1.82) is 0 Å². The summed E-state index contributed by atoms with van der Waals surface area (Å²) < 4.78 is 0. The quantitative estimate of drug-likeness (QED) is 0.813. The first-order valence-electron chi connectivity index (χ1n) is 6.04. The van der Waals surface area contributed by atoms with Crippen LogP contribution in [0, 0.1) is 19.8 Å². The SMILES string of the molecule is Cc1ccc(CC(O)(CN)C2CC2)cc1C. The largest absolute Gasteiger partial charge is 0.388 e. The summed E-state index contributed by atoms with van der Waals surface area (Å²) >= 11 is 0. The molecule has 0 radical (unpaired) electrons. The molecule has 1 aliphatic rings. The lowest BCUT2D eigenvalue weighted by atomic mass is 9.89. The standard InChI is InChI=1S/C14H21NO/c1-10-3-4-12(7-11(10)2)8-14(16,9-15)13-5-6-13/h3-4,7,13,16H,5-6,8-9,15H2,1-2H3. The molecule has 2 heteroatoms. The van der Waals surface area contributed by atoms with Gasteiger partial charge in [-0.1, -0.05) is 18.2 Å². The van der Waals surface area contributed by atoms with E-state index in [-0.39, 0.29) is 0 Å². The lowest BCUT2D eigenvalue weighted by Gasteiger charge is -2.26. The summed E-state index contributed by atoms with van der Waals surface area (Å²) in [5.41, 5.74) is 8.81. The van der Waals surface area contributed by atoms with Crippen molar-refractivity contribution in [3.05, 3.63) is 34.9 Å². The van der Waals surface area contributed by atoms with Gasteiger partial charge < -0.3 is 10.8 Å². The van der Waals surface area contributed by atoms with Crippen molar-refractivity contribution < 1.29 is 5.11 Å². The van der Waals surface area contributed by atoms with Gasteiger partial charge in [0.25, 0.3) is 0 Å². The van der Waals surface area contributed by atoms with Gasteiger partial charge in [-0.2, -0.15) is 0 Å². The Hall–Kier alpha value is -0.860. The first-order chi connectivity index (χ1) is 7.55. The fourth-order valence-electron chi connectivity index (χ4n) is 2.27. The highest BCUT2D eigenvalue weighted by atomic mass is 16.3. The van der Waals surface area contributed by atoms with Gasteiger partial charge in [0.15, 0.2) is 0 Å². The highest BCUT2D eigenvalue weighted by Gasteiger charge is 2.42. The van der Waals surface area contributed by atoms with Gasteiger partial charge in [-0.3, -0.25) is 0 Å². The number of nitrogens with two attached hydrogens (primary N) is 1. The maximum absolute atomic E-state index is 10.4. The number of aryl methyl sites for hydroxylation is 2. The normalized spacial score (nSPS) is 19.5. The highest BCUT2D eigenvalue weighted by molar-refractivity contribution is 5.31. The Morgan fingerprint density at radius 1 is 1.31 bits per heavy atom. The lowest BCUT2D eigenvalue weighted by Crippen LogP contribution is -2.42. The molecule has 1 aromatic rings. The maximum Gasteiger partial charge on any atom is 0.0837 e. The summed E-state index contributed by atoms with van der Waals surface area (Å²) in [5, 5.41) is 10.4. The average molecular weight is 219 g/mol. The second-order valence-corrected chi connectivity index (χ2v) is 5.18. The van der Waals surface area contributed by atoms with E-state index in [0.29, 0.717) is 18.9 Å². The van der Waals surface area contributed by atoms with E-state index in [1.807, 2.05) is 0 Å². The van der Waals surface area contributed by atoms with Crippen LogP contribution in [0.25, 0.3) is 0 Å². The molecule has 88 valence electrons. The van der Waals surface area contributed by atoms with Gasteiger partial charge in [0.1, 0.15) is 0 Å². The van der Waals surface area contributed by atoms with Crippen LogP contribution in [0.3, 0.4) is 0 Å². The maximum atomic E-state index is 10.4. The molecule has 0 saturated heterocycles. The van der Waals surface area contributed by atoms with Gasteiger partial charge in [0.2, 0.25) is 0 Å². The van der Waals surface area contributed by atoms with E-state index in [9.17, 15) is 5.11 Å². The van der Waals surface area contributed by atoms with Crippen LogP contribution in [0.2, 0.25) is 0 Å². The molecule has 1 unspecified atom stereocenters. The Balaban J connectivity index is 2.15. The van der Waals surface area contributed by atoms with E-state index in [1.54, 1.807) is 0 Å². The fourth-order valence-corrected chi connectivity index (χ4v) is 2.27. The summed E-state index contributed by atoms with van der Waals surface area (Å²) in [5.74, 6) is 0.416. The van der Waals surface area contributed by atoms with Crippen molar-refractivity contribution in [2.75, 3.05) is 6.54 Å². The zero-order chi connectivity index (χ0) is 11.8. The number of benzene rings is 1. The zero-order valence-electron chi connectivity index (χ0n) is 10.2. The molecule has 2 rings (SSSR count). The van der Waals surface area contributed by atoms with E-state index in [1.165, 1.54) is 16.7 Å². The van der Waals surface area contributed by atoms with Gasteiger partial charge in [-0.05, 0) is 49.3 Å². The van der Waals surface area contributed by atoms with Crippen LogP contribution < -0.4 is 5.73 Å². The Kier molecular flexibility index (Phi) is 3.04. The topological polar surface area (TPSA) is 46.2 Å². The van der Waals surface area contributed by atoms with Crippen molar-refractivity contribution in [3.63, 3.8) is 0 Å². The third kappa shape index (κ3) is 2.28. The molecule has 1 saturated carbocycles. The second kappa shape index (κ2) is 4.19. The summed E-state index contributed by atoms with van der Waals surface area (Å²) in [6, 6.07) is 6.39. The van der Waals surface area contributed by atoms with E-state index in [0.717, 1.165) is 12.8 Å². The monoisotopic (exact) mass is 219 g/mol. The van der Waals surface area contributed by atoms with Crippen molar-refractivity contribution in [3.8, 4) is 0 Å². The minimum atomic E-state index is -0.679. The van der Waals surface area contributed by atoms with Gasteiger partial charge in [-0.15, -0.1) is 0 Å². The molecule has 0 heterocycles. The Morgan fingerprint density at radius 2 is 2.00 bits per heavy atom.